The highest BCUT2D eigenvalue weighted by Gasteiger charge is 2.32. The van der Waals surface area contributed by atoms with Crippen molar-refractivity contribution >= 4 is 6.03 Å². The van der Waals surface area contributed by atoms with E-state index in [1.165, 1.54) is 19.3 Å². The van der Waals surface area contributed by atoms with Gasteiger partial charge in [-0.1, -0.05) is 19.3 Å². The Morgan fingerprint density at radius 3 is 2.81 bits per heavy atom. The fourth-order valence-corrected chi connectivity index (χ4v) is 2.91. The number of aliphatic hydroxyl groups is 1. The van der Waals surface area contributed by atoms with E-state index < -0.39 is 5.60 Å². The van der Waals surface area contributed by atoms with Gasteiger partial charge in [-0.15, -0.1) is 0 Å². The summed E-state index contributed by atoms with van der Waals surface area (Å²) >= 11 is 0. The number of rotatable bonds is 6. The number of aromatic nitrogens is 2. The van der Waals surface area contributed by atoms with Crippen molar-refractivity contribution in [1.29, 1.82) is 0 Å². The molecular weight excluding hydrogens is 268 g/mol. The maximum atomic E-state index is 11.7. The van der Waals surface area contributed by atoms with Gasteiger partial charge in [0, 0.05) is 32.0 Å². The third kappa shape index (κ3) is 5.04. The van der Waals surface area contributed by atoms with Gasteiger partial charge in [-0.3, -0.25) is 0 Å². The first-order chi connectivity index (χ1) is 10.1. The highest BCUT2D eigenvalue weighted by Crippen LogP contribution is 2.32. The monoisotopic (exact) mass is 294 g/mol. The van der Waals surface area contributed by atoms with Crippen LogP contribution in [0.15, 0.2) is 18.7 Å². The molecule has 0 aromatic carbocycles. The van der Waals surface area contributed by atoms with E-state index in [9.17, 15) is 9.90 Å². The molecule has 3 N–H and O–H groups in total. The molecule has 21 heavy (non-hydrogen) atoms. The highest BCUT2D eigenvalue weighted by atomic mass is 16.3. The molecule has 0 unspecified atom stereocenters. The van der Waals surface area contributed by atoms with E-state index in [-0.39, 0.29) is 11.9 Å². The lowest BCUT2D eigenvalue weighted by molar-refractivity contribution is -0.0130. The summed E-state index contributed by atoms with van der Waals surface area (Å²) in [5, 5.41) is 16.1. The smallest absolute Gasteiger partial charge is 0.314 e. The molecule has 1 aromatic rings. The van der Waals surface area contributed by atoms with E-state index >= 15 is 0 Å². The van der Waals surface area contributed by atoms with Crippen LogP contribution >= 0.6 is 0 Å². The lowest BCUT2D eigenvalue weighted by atomic mass is 9.78. The summed E-state index contributed by atoms with van der Waals surface area (Å²) in [6.45, 7) is 3.35. The molecule has 1 aromatic heterocycles. The van der Waals surface area contributed by atoms with E-state index in [4.69, 9.17) is 0 Å². The lowest BCUT2D eigenvalue weighted by Gasteiger charge is -2.35. The molecule has 118 valence electrons. The van der Waals surface area contributed by atoms with Crippen LogP contribution in [-0.4, -0.2) is 39.4 Å². The summed E-state index contributed by atoms with van der Waals surface area (Å²) in [5.74, 6) is 0.289. The molecule has 2 amide bonds. The molecular formula is C15H26N4O2. The number of amides is 2. The molecule has 1 aliphatic carbocycles. The normalized spacial score (nSPS) is 19.0. The zero-order valence-electron chi connectivity index (χ0n) is 12.7. The van der Waals surface area contributed by atoms with Crippen LogP contribution in [-0.2, 0) is 6.54 Å². The first-order valence-electron chi connectivity index (χ1n) is 7.78. The van der Waals surface area contributed by atoms with Crippen molar-refractivity contribution in [2.45, 2.75) is 51.2 Å². The molecule has 1 heterocycles. The SMILES string of the molecule is C[C@](O)(CNC(=O)NCCn1ccnc1)C1CCCCC1. The minimum absolute atomic E-state index is 0.230. The predicted molar refractivity (Wildman–Crippen MR) is 80.8 cm³/mol. The molecule has 0 spiro atoms. The summed E-state index contributed by atoms with van der Waals surface area (Å²) < 4.78 is 1.90. The first kappa shape index (κ1) is 15.8. The van der Waals surface area contributed by atoms with Gasteiger partial charge in [-0.2, -0.15) is 0 Å². The number of hydrogen-bond acceptors (Lipinski definition) is 3. The third-order valence-corrected chi connectivity index (χ3v) is 4.31. The number of nitrogens with zero attached hydrogens (tertiary/aromatic N) is 2. The van der Waals surface area contributed by atoms with Crippen LogP contribution in [0.3, 0.4) is 0 Å². The van der Waals surface area contributed by atoms with Crippen LogP contribution in [0.2, 0.25) is 0 Å². The van der Waals surface area contributed by atoms with Crippen molar-refractivity contribution in [3.63, 3.8) is 0 Å². The Balaban J connectivity index is 1.65. The van der Waals surface area contributed by atoms with Crippen LogP contribution in [0.25, 0.3) is 0 Å². The van der Waals surface area contributed by atoms with E-state index in [0.717, 1.165) is 12.8 Å². The Bertz CT molecular complexity index is 425. The largest absolute Gasteiger partial charge is 0.388 e. The molecule has 1 saturated carbocycles. The standard InChI is InChI=1S/C15H26N4O2/c1-15(21,13-5-3-2-4-6-13)11-18-14(20)17-8-10-19-9-7-16-12-19/h7,9,12-13,21H,2-6,8,10-11H2,1H3,(H2,17,18,20)/t15-/m0/s1. The molecule has 0 aliphatic heterocycles. The number of hydrogen-bond donors (Lipinski definition) is 3. The number of imidazole rings is 1. The second kappa shape index (κ2) is 7.45. The van der Waals surface area contributed by atoms with E-state index in [1.807, 2.05) is 17.7 Å². The van der Waals surface area contributed by atoms with Crippen LogP contribution < -0.4 is 10.6 Å². The van der Waals surface area contributed by atoms with E-state index in [2.05, 4.69) is 15.6 Å². The molecule has 6 heteroatoms. The van der Waals surface area contributed by atoms with Gasteiger partial charge in [-0.25, -0.2) is 9.78 Å². The Kier molecular flexibility index (Phi) is 5.61. The topological polar surface area (TPSA) is 79.2 Å². The van der Waals surface area contributed by atoms with Gasteiger partial charge in [0.15, 0.2) is 0 Å². The number of urea groups is 1. The van der Waals surface area contributed by atoms with Gasteiger partial charge in [0.2, 0.25) is 0 Å². The van der Waals surface area contributed by atoms with Crippen LogP contribution in [0.4, 0.5) is 4.79 Å². The highest BCUT2D eigenvalue weighted by molar-refractivity contribution is 5.73. The quantitative estimate of drug-likeness (QED) is 0.744. The summed E-state index contributed by atoms with van der Waals surface area (Å²) in [5.41, 5.74) is -0.817. The molecule has 1 atom stereocenters. The van der Waals surface area contributed by atoms with Crippen molar-refractivity contribution in [3.8, 4) is 0 Å². The van der Waals surface area contributed by atoms with E-state index in [0.29, 0.717) is 19.6 Å². The minimum Gasteiger partial charge on any atom is -0.388 e. The average Bonchev–Trinajstić information content (AvgIpc) is 2.99. The fourth-order valence-electron chi connectivity index (χ4n) is 2.91. The Morgan fingerprint density at radius 1 is 1.38 bits per heavy atom. The predicted octanol–water partition coefficient (Wildman–Crippen LogP) is 1.51. The van der Waals surface area contributed by atoms with Crippen LogP contribution in [0.5, 0.6) is 0 Å². The number of carbonyl (C=O) groups is 1. The zero-order valence-corrected chi connectivity index (χ0v) is 12.7. The van der Waals surface area contributed by atoms with Gasteiger partial charge in [0.25, 0.3) is 0 Å². The van der Waals surface area contributed by atoms with E-state index in [1.54, 1.807) is 12.5 Å². The van der Waals surface area contributed by atoms with Gasteiger partial charge in [-0.05, 0) is 25.7 Å². The summed E-state index contributed by atoms with van der Waals surface area (Å²) in [4.78, 5) is 15.7. The second-order valence-corrected chi connectivity index (χ2v) is 6.10. The van der Waals surface area contributed by atoms with Gasteiger partial charge >= 0.3 is 6.03 Å². The van der Waals surface area contributed by atoms with Crippen LogP contribution in [0, 0.1) is 5.92 Å². The molecule has 2 rings (SSSR count). The van der Waals surface area contributed by atoms with Gasteiger partial charge in [0.1, 0.15) is 0 Å². The maximum absolute atomic E-state index is 11.7. The molecule has 0 bridgehead atoms. The van der Waals surface area contributed by atoms with Gasteiger partial charge in [0.05, 0.1) is 11.9 Å². The zero-order chi connectivity index (χ0) is 15.1. The van der Waals surface area contributed by atoms with Crippen molar-refractivity contribution in [2.24, 2.45) is 5.92 Å². The fraction of sp³-hybridized carbons (Fsp3) is 0.733. The van der Waals surface area contributed by atoms with Crippen molar-refractivity contribution in [2.75, 3.05) is 13.1 Å². The third-order valence-electron chi connectivity index (χ3n) is 4.31. The van der Waals surface area contributed by atoms with Gasteiger partial charge < -0.3 is 20.3 Å². The minimum atomic E-state index is -0.817. The molecule has 0 saturated heterocycles. The summed E-state index contributed by atoms with van der Waals surface area (Å²) in [7, 11) is 0. The average molecular weight is 294 g/mol. The lowest BCUT2D eigenvalue weighted by Crippen LogP contribution is -2.49. The van der Waals surface area contributed by atoms with Crippen molar-refractivity contribution < 1.29 is 9.90 Å². The molecule has 6 nitrogen and oxygen atoms in total. The first-order valence-corrected chi connectivity index (χ1v) is 7.78. The molecule has 0 radical (unpaired) electrons. The molecule has 1 aliphatic rings. The Labute approximate surface area is 125 Å². The van der Waals surface area contributed by atoms with Crippen LogP contribution in [0.1, 0.15) is 39.0 Å². The maximum Gasteiger partial charge on any atom is 0.314 e. The Morgan fingerprint density at radius 2 is 2.14 bits per heavy atom. The summed E-state index contributed by atoms with van der Waals surface area (Å²) in [6, 6.07) is -0.230. The molecule has 1 fully saturated rings. The number of nitrogens with one attached hydrogen (secondary N) is 2. The van der Waals surface area contributed by atoms with Crippen molar-refractivity contribution in [1.82, 2.24) is 20.2 Å². The second-order valence-electron chi connectivity index (χ2n) is 6.10. The Hall–Kier alpha value is -1.56. The number of carbonyl (C=O) groups excluding carboxylic acids is 1. The summed E-state index contributed by atoms with van der Waals surface area (Å²) in [6.07, 6.45) is 11.0. The van der Waals surface area contributed by atoms with Crippen molar-refractivity contribution in [3.05, 3.63) is 18.7 Å².